The summed E-state index contributed by atoms with van der Waals surface area (Å²) in [5, 5.41) is 13.0. The topological polar surface area (TPSA) is 106 Å². The quantitative estimate of drug-likeness (QED) is 0.680. The molecule has 0 saturated carbocycles. The van der Waals surface area contributed by atoms with Crippen molar-refractivity contribution in [3.63, 3.8) is 0 Å². The monoisotopic (exact) mass is 338 g/mol. The van der Waals surface area contributed by atoms with Gasteiger partial charge < -0.3 is 5.32 Å². The average molecular weight is 338 g/mol. The molecule has 1 amide bonds. The van der Waals surface area contributed by atoms with E-state index in [0.717, 1.165) is 18.4 Å². The van der Waals surface area contributed by atoms with Gasteiger partial charge in [0, 0.05) is 23.6 Å². The van der Waals surface area contributed by atoms with E-state index >= 15 is 0 Å². The van der Waals surface area contributed by atoms with Crippen molar-refractivity contribution < 1.29 is 22.5 Å². The maximum absolute atomic E-state index is 13.2. The van der Waals surface area contributed by atoms with Crippen molar-refractivity contribution in [3.05, 3.63) is 64.0 Å². The van der Waals surface area contributed by atoms with Gasteiger partial charge in [-0.15, -0.1) is 0 Å². The van der Waals surface area contributed by atoms with Gasteiger partial charge in [-0.05, 0) is 36.4 Å². The fourth-order valence-corrected chi connectivity index (χ4v) is 2.42. The minimum Gasteiger partial charge on any atom is -0.322 e. The Labute approximate surface area is 130 Å². The summed E-state index contributed by atoms with van der Waals surface area (Å²) in [6.07, 6.45) is 1.04. The number of nitrogens with one attached hydrogen (secondary N) is 1. The molecule has 2 aromatic carbocycles. The Morgan fingerprint density at radius 1 is 1.17 bits per heavy atom. The van der Waals surface area contributed by atoms with E-state index in [1.165, 1.54) is 30.3 Å². The maximum Gasteiger partial charge on any atom is 0.306 e. The molecule has 0 saturated heterocycles. The second kappa shape index (κ2) is 6.13. The molecular weight excluding hydrogens is 327 g/mol. The summed E-state index contributed by atoms with van der Waals surface area (Å²) in [7, 11) is -3.37. The Morgan fingerprint density at radius 3 is 2.30 bits per heavy atom. The molecule has 7 nitrogen and oxygen atoms in total. The summed E-state index contributed by atoms with van der Waals surface area (Å²) < 4.78 is 35.9. The number of benzene rings is 2. The highest BCUT2D eigenvalue weighted by Crippen LogP contribution is 2.22. The van der Waals surface area contributed by atoms with Gasteiger partial charge >= 0.3 is 5.69 Å². The highest BCUT2D eigenvalue weighted by molar-refractivity contribution is 7.90. The average Bonchev–Trinajstić information content (AvgIpc) is 2.48. The van der Waals surface area contributed by atoms with Crippen LogP contribution in [0, 0.1) is 15.9 Å². The number of carbonyl (C=O) groups is 1. The number of halogens is 1. The first-order valence-electron chi connectivity index (χ1n) is 6.24. The molecule has 0 heterocycles. The Bertz CT molecular complexity index is 879. The van der Waals surface area contributed by atoms with Gasteiger partial charge in [0.15, 0.2) is 9.84 Å². The van der Waals surface area contributed by atoms with E-state index in [2.05, 4.69) is 5.32 Å². The zero-order valence-corrected chi connectivity index (χ0v) is 12.6. The van der Waals surface area contributed by atoms with Crippen molar-refractivity contribution >= 4 is 27.1 Å². The largest absolute Gasteiger partial charge is 0.322 e. The number of nitro groups is 1. The molecule has 1 N–H and O–H groups in total. The van der Waals surface area contributed by atoms with E-state index in [1.807, 2.05) is 0 Å². The second-order valence-electron chi connectivity index (χ2n) is 4.67. The van der Waals surface area contributed by atoms with Gasteiger partial charge in [0.1, 0.15) is 0 Å². The molecule has 0 aromatic heterocycles. The van der Waals surface area contributed by atoms with Gasteiger partial charge in [-0.3, -0.25) is 14.9 Å². The van der Waals surface area contributed by atoms with Crippen molar-refractivity contribution in [1.29, 1.82) is 0 Å². The first-order chi connectivity index (χ1) is 10.7. The minimum absolute atomic E-state index is 0.0512. The van der Waals surface area contributed by atoms with Crippen LogP contribution in [0.1, 0.15) is 10.4 Å². The van der Waals surface area contributed by atoms with Crippen molar-refractivity contribution in [2.24, 2.45) is 0 Å². The minimum atomic E-state index is -3.37. The molecule has 23 heavy (non-hydrogen) atoms. The lowest BCUT2D eigenvalue weighted by Crippen LogP contribution is -2.12. The Morgan fingerprint density at radius 2 is 1.78 bits per heavy atom. The van der Waals surface area contributed by atoms with Crippen LogP contribution in [-0.4, -0.2) is 25.5 Å². The zero-order chi connectivity index (χ0) is 17.2. The van der Waals surface area contributed by atoms with Crippen molar-refractivity contribution in [3.8, 4) is 0 Å². The van der Waals surface area contributed by atoms with Crippen LogP contribution in [0.25, 0.3) is 0 Å². The van der Waals surface area contributed by atoms with Gasteiger partial charge in [-0.1, -0.05) is 0 Å². The van der Waals surface area contributed by atoms with Crippen LogP contribution in [0.15, 0.2) is 47.4 Å². The molecule has 0 radical (unpaired) electrons. The van der Waals surface area contributed by atoms with E-state index in [-0.39, 0.29) is 16.1 Å². The molecule has 0 aliphatic rings. The number of hydrogen-bond acceptors (Lipinski definition) is 5. The van der Waals surface area contributed by atoms with Crippen molar-refractivity contribution in [1.82, 2.24) is 0 Å². The number of anilines is 1. The van der Waals surface area contributed by atoms with Crippen LogP contribution in [0.5, 0.6) is 0 Å². The number of nitrogens with zero attached hydrogens (tertiary/aromatic N) is 1. The lowest BCUT2D eigenvalue weighted by atomic mass is 10.2. The van der Waals surface area contributed by atoms with Crippen molar-refractivity contribution in [2.75, 3.05) is 11.6 Å². The van der Waals surface area contributed by atoms with Crippen LogP contribution in [0.3, 0.4) is 0 Å². The Balaban J connectivity index is 2.22. The highest BCUT2D eigenvalue weighted by Gasteiger charge is 2.16. The molecule has 0 bridgehead atoms. The summed E-state index contributed by atoms with van der Waals surface area (Å²) in [6, 6.07) is 8.13. The summed E-state index contributed by atoms with van der Waals surface area (Å²) in [6.45, 7) is 0. The molecular formula is C14H11FN2O5S. The normalized spacial score (nSPS) is 11.0. The summed E-state index contributed by atoms with van der Waals surface area (Å²) in [4.78, 5) is 21.8. The van der Waals surface area contributed by atoms with E-state index in [1.54, 1.807) is 0 Å². The first-order valence-corrected chi connectivity index (χ1v) is 8.13. The molecule has 0 fully saturated rings. The van der Waals surface area contributed by atoms with Crippen LogP contribution < -0.4 is 5.32 Å². The van der Waals surface area contributed by atoms with E-state index in [4.69, 9.17) is 0 Å². The van der Waals surface area contributed by atoms with E-state index in [9.17, 15) is 27.7 Å². The van der Waals surface area contributed by atoms with Crippen LogP contribution >= 0.6 is 0 Å². The Kier molecular flexibility index (Phi) is 4.41. The number of amides is 1. The molecule has 2 aromatic rings. The Hall–Kier alpha value is -2.81. The number of carbonyl (C=O) groups excluding carboxylic acids is 1. The molecule has 0 spiro atoms. The molecule has 120 valence electrons. The zero-order valence-electron chi connectivity index (χ0n) is 11.8. The van der Waals surface area contributed by atoms with E-state index < -0.39 is 32.2 Å². The predicted octanol–water partition coefficient (Wildman–Crippen LogP) is 2.39. The lowest BCUT2D eigenvalue weighted by molar-refractivity contribution is -0.387. The predicted molar refractivity (Wildman–Crippen MR) is 80.6 cm³/mol. The molecule has 0 aliphatic carbocycles. The summed E-state index contributed by atoms with van der Waals surface area (Å²) in [5.74, 6) is -1.61. The number of nitro benzene ring substituents is 1. The van der Waals surface area contributed by atoms with Gasteiger partial charge in [0.25, 0.3) is 5.91 Å². The van der Waals surface area contributed by atoms with Crippen LogP contribution in [0.4, 0.5) is 15.8 Å². The fourth-order valence-electron chi connectivity index (χ4n) is 1.79. The third-order valence-electron chi connectivity index (χ3n) is 2.95. The number of rotatable bonds is 4. The highest BCUT2D eigenvalue weighted by atomic mass is 32.2. The molecule has 0 atom stereocenters. The van der Waals surface area contributed by atoms with E-state index in [0.29, 0.717) is 0 Å². The number of sulfone groups is 1. The van der Waals surface area contributed by atoms with Crippen molar-refractivity contribution in [2.45, 2.75) is 4.90 Å². The van der Waals surface area contributed by atoms with Gasteiger partial charge in [0.05, 0.1) is 9.82 Å². The third-order valence-corrected chi connectivity index (χ3v) is 4.07. The number of hydrogen-bond donors (Lipinski definition) is 1. The van der Waals surface area contributed by atoms with Gasteiger partial charge in [0.2, 0.25) is 5.82 Å². The first kappa shape index (κ1) is 16.6. The SMILES string of the molecule is CS(=O)(=O)c1ccc(C(=O)Nc2ccc(F)c([N+](=O)[O-])c2)cc1. The van der Waals surface area contributed by atoms with Crippen LogP contribution in [0.2, 0.25) is 0 Å². The summed E-state index contributed by atoms with van der Waals surface area (Å²) in [5.41, 5.74) is -0.546. The van der Waals surface area contributed by atoms with Gasteiger partial charge in [-0.2, -0.15) is 4.39 Å². The standard InChI is InChI=1S/C14H11FN2O5S/c1-23(21,22)11-5-2-9(3-6-11)14(18)16-10-4-7-12(15)13(8-10)17(19)20/h2-8H,1H3,(H,16,18). The molecule has 9 heteroatoms. The maximum atomic E-state index is 13.2. The lowest BCUT2D eigenvalue weighted by Gasteiger charge is -2.06. The summed E-state index contributed by atoms with van der Waals surface area (Å²) >= 11 is 0. The second-order valence-corrected chi connectivity index (χ2v) is 6.69. The van der Waals surface area contributed by atoms with Crippen LogP contribution in [-0.2, 0) is 9.84 Å². The third kappa shape index (κ3) is 3.89. The molecule has 2 rings (SSSR count). The fraction of sp³-hybridized carbons (Fsp3) is 0.0714. The smallest absolute Gasteiger partial charge is 0.306 e. The molecule has 0 aliphatic heterocycles. The van der Waals surface area contributed by atoms with Gasteiger partial charge in [-0.25, -0.2) is 8.42 Å². The molecule has 0 unspecified atom stereocenters.